The molecule has 7 heteroatoms. The van der Waals surface area contributed by atoms with E-state index >= 15 is 0 Å². The minimum atomic E-state index is -0.0391. The Bertz CT molecular complexity index is 874. The highest BCUT2D eigenvalue weighted by Gasteiger charge is 2.25. The van der Waals surface area contributed by atoms with Gasteiger partial charge < -0.3 is 25.3 Å². The van der Waals surface area contributed by atoms with Crippen LogP contribution in [0.1, 0.15) is 24.1 Å². The first kappa shape index (κ1) is 20.5. The number of ether oxygens (including phenoxy) is 1. The van der Waals surface area contributed by atoms with Gasteiger partial charge in [-0.1, -0.05) is 18.7 Å². The van der Waals surface area contributed by atoms with Gasteiger partial charge >= 0.3 is 0 Å². The number of aliphatic imine (C=N–C) groups is 1. The average Bonchev–Trinajstić information content (AvgIpc) is 3.16. The molecule has 0 bridgehead atoms. The van der Waals surface area contributed by atoms with Crippen LogP contribution >= 0.6 is 0 Å². The van der Waals surface area contributed by atoms with E-state index in [0.29, 0.717) is 0 Å². The second kappa shape index (κ2) is 9.82. The monoisotopic (exact) mass is 395 g/mol. The standard InChI is InChI=1S/C22H29N5O2/c1-4-23-22(18-11-12-24-16(18)2)27-13-7-8-17(15-27)26-21(28)14-25-19-9-5-6-10-20(19)29-3/h4-6,9-12,17,24-25H,1,7-8,13-15H2,2-3H3,(H,26,28). The van der Waals surface area contributed by atoms with E-state index in [1.54, 1.807) is 13.3 Å². The first-order valence-electron chi connectivity index (χ1n) is 9.86. The van der Waals surface area contributed by atoms with Crippen molar-refractivity contribution in [3.8, 4) is 5.75 Å². The molecule has 1 fully saturated rings. The van der Waals surface area contributed by atoms with Crippen LogP contribution in [0.2, 0.25) is 0 Å². The maximum Gasteiger partial charge on any atom is 0.239 e. The third kappa shape index (κ3) is 5.19. The molecule has 29 heavy (non-hydrogen) atoms. The Morgan fingerprint density at radius 3 is 2.97 bits per heavy atom. The summed E-state index contributed by atoms with van der Waals surface area (Å²) >= 11 is 0. The number of amidine groups is 1. The van der Waals surface area contributed by atoms with Crippen LogP contribution in [0.3, 0.4) is 0 Å². The highest BCUT2D eigenvalue weighted by atomic mass is 16.5. The highest BCUT2D eigenvalue weighted by Crippen LogP contribution is 2.22. The fraction of sp³-hybridized carbons (Fsp3) is 0.364. The molecule has 1 aliphatic heterocycles. The van der Waals surface area contributed by atoms with E-state index < -0.39 is 0 Å². The first-order chi connectivity index (χ1) is 14.1. The Balaban J connectivity index is 1.59. The fourth-order valence-corrected chi connectivity index (χ4v) is 3.64. The van der Waals surface area contributed by atoms with Crippen molar-refractivity contribution in [3.63, 3.8) is 0 Å². The van der Waals surface area contributed by atoms with E-state index in [9.17, 15) is 4.79 Å². The molecule has 0 spiro atoms. The Morgan fingerprint density at radius 2 is 2.24 bits per heavy atom. The number of anilines is 1. The molecule has 1 aromatic heterocycles. The van der Waals surface area contributed by atoms with E-state index in [1.165, 1.54) is 0 Å². The maximum atomic E-state index is 12.5. The predicted molar refractivity (Wildman–Crippen MR) is 116 cm³/mol. The number of methoxy groups -OCH3 is 1. The van der Waals surface area contributed by atoms with Crippen molar-refractivity contribution in [3.05, 3.63) is 60.6 Å². The molecule has 2 heterocycles. The molecule has 1 atom stereocenters. The number of aryl methyl sites for hydroxylation is 1. The van der Waals surface area contributed by atoms with E-state index in [2.05, 4.69) is 32.1 Å². The van der Waals surface area contributed by atoms with Gasteiger partial charge in [0.25, 0.3) is 0 Å². The molecule has 0 aliphatic carbocycles. The van der Waals surface area contributed by atoms with Gasteiger partial charge in [-0.05, 0) is 38.0 Å². The summed E-state index contributed by atoms with van der Waals surface area (Å²) in [6.45, 7) is 7.61. The van der Waals surface area contributed by atoms with Crippen LogP contribution in [0.4, 0.5) is 5.69 Å². The summed E-state index contributed by atoms with van der Waals surface area (Å²) in [5.74, 6) is 1.57. The van der Waals surface area contributed by atoms with E-state index in [0.717, 1.165) is 54.5 Å². The lowest BCUT2D eigenvalue weighted by atomic mass is 10.0. The van der Waals surface area contributed by atoms with Gasteiger partial charge in [-0.15, -0.1) is 0 Å². The van der Waals surface area contributed by atoms with Crippen LogP contribution in [0.5, 0.6) is 5.75 Å². The quantitative estimate of drug-likeness (QED) is 0.497. The lowest BCUT2D eigenvalue weighted by molar-refractivity contribution is -0.120. The molecule has 154 valence electrons. The van der Waals surface area contributed by atoms with Crippen molar-refractivity contribution in [1.29, 1.82) is 0 Å². The zero-order valence-electron chi connectivity index (χ0n) is 17.1. The number of nitrogens with one attached hydrogen (secondary N) is 3. The topological polar surface area (TPSA) is 81.8 Å². The second-order valence-electron chi connectivity index (χ2n) is 7.06. The normalized spacial score (nSPS) is 17.0. The smallest absolute Gasteiger partial charge is 0.239 e. The first-order valence-corrected chi connectivity index (χ1v) is 9.86. The van der Waals surface area contributed by atoms with Crippen molar-refractivity contribution >= 4 is 17.4 Å². The molecule has 2 aromatic rings. The zero-order valence-corrected chi connectivity index (χ0v) is 17.1. The molecule has 1 aliphatic rings. The SMILES string of the molecule is C=CN=C(c1cc[nH]c1C)N1CCCC(NC(=O)CNc2ccccc2OC)C1. The van der Waals surface area contributed by atoms with Crippen molar-refractivity contribution in [2.45, 2.75) is 25.8 Å². The van der Waals surface area contributed by atoms with E-state index in [4.69, 9.17) is 4.74 Å². The van der Waals surface area contributed by atoms with Gasteiger partial charge in [-0.3, -0.25) is 4.79 Å². The number of rotatable bonds is 7. The van der Waals surface area contributed by atoms with Crippen LogP contribution in [-0.2, 0) is 4.79 Å². The van der Waals surface area contributed by atoms with Gasteiger partial charge in [0.2, 0.25) is 5.91 Å². The predicted octanol–water partition coefficient (Wildman–Crippen LogP) is 2.91. The van der Waals surface area contributed by atoms with Crippen molar-refractivity contribution in [2.75, 3.05) is 32.1 Å². The number of aromatic amines is 1. The Hall–Kier alpha value is -3.22. The van der Waals surface area contributed by atoms with Gasteiger partial charge in [0.15, 0.2) is 0 Å². The number of carbonyl (C=O) groups is 1. The van der Waals surface area contributed by atoms with Gasteiger partial charge in [0.1, 0.15) is 11.6 Å². The third-order valence-electron chi connectivity index (χ3n) is 5.04. The van der Waals surface area contributed by atoms with E-state index in [-0.39, 0.29) is 18.5 Å². The number of nitrogens with zero attached hydrogens (tertiary/aromatic N) is 2. The second-order valence-corrected chi connectivity index (χ2v) is 7.06. The summed E-state index contributed by atoms with van der Waals surface area (Å²) in [5.41, 5.74) is 2.94. The molecule has 3 N–H and O–H groups in total. The van der Waals surface area contributed by atoms with Crippen LogP contribution in [0.15, 0.2) is 54.3 Å². The lowest BCUT2D eigenvalue weighted by Gasteiger charge is -2.35. The molecule has 0 radical (unpaired) electrons. The third-order valence-corrected chi connectivity index (χ3v) is 5.04. The Kier molecular flexibility index (Phi) is 6.94. The summed E-state index contributed by atoms with van der Waals surface area (Å²) in [5, 5.41) is 6.29. The summed E-state index contributed by atoms with van der Waals surface area (Å²) in [4.78, 5) is 22.4. The number of benzene rings is 1. The van der Waals surface area contributed by atoms with Crippen LogP contribution in [0, 0.1) is 6.92 Å². The molecule has 0 saturated carbocycles. The Labute approximate surface area is 171 Å². The number of hydrogen-bond donors (Lipinski definition) is 3. The minimum Gasteiger partial charge on any atom is -0.495 e. The van der Waals surface area contributed by atoms with Gasteiger partial charge in [-0.2, -0.15) is 0 Å². The minimum absolute atomic E-state index is 0.0391. The van der Waals surface area contributed by atoms with Crippen LogP contribution < -0.4 is 15.4 Å². The molecular weight excluding hydrogens is 366 g/mol. The zero-order chi connectivity index (χ0) is 20.6. The molecule has 1 aromatic carbocycles. The molecule has 1 saturated heterocycles. The number of likely N-dealkylation sites (tertiary alicyclic amines) is 1. The lowest BCUT2D eigenvalue weighted by Crippen LogP contribution is -2.50. The summed E-state index contributed by atoms with van der Waals surface area (Å²) in [7, 11) is 1.62. The number of H-pyrrole nitrogens is 1. The van der Waals surface area contributed by atoms with Crippen LogP contribution in [-0.4, -0.2) is 54.4 Å². The number of piperidine rings is 1. The maximum absolute atomic E-state index is 12.5. The van der Waals surface area contributed by atoms with Crippen LogP contribution in [0.25, 0.3) is 0 Å². The molecular formula is C22H29N5O2. The van der Waals surface area contributed by atoms with Crippen molar-refractivity contribution < 1.29 is 9.53 Å². The summed E-state index contributed by atoms with van der Waals surface area (Å²) in [6.07, 6.45) is 5.42. The Morgan fingerprint density at radius 1 is 1.41 bits per heavy atom. The van der Waals surface area contributed by atoms with Gasteiger partial charge in [0, 0.05) is 42.8 Å². The molecule has 7 nitrogen and oxygen atoms in total. The number of amides is 1. The fourth-order valence-electron chi connectivity index (χ4n) is 3.64. The van der Waals surface area contributed by atoms with Crippen molar-refractivity contribution in [2.24, 2.45) is 4.99 Å². The number of carbonyl (C=O) groups excluding carboxylic acids is 1. The van der Waals surface area contributed by atoms with Gasteiger partial charge in [-0.25, -0.2) is 4.99 Å². The summed E-state index contributed by atoms with van der Waals surface area (Å²) in [6, 6.07) is 9.66. The largest absolute Gasteiger partial charge is 0.495 e. The van der Waals surface area contributed by atoms with Gasteiger partial charge in [0.05, 0.1) is 19.3 Å². The number of para-hydroxylation sites is 2. The number of aromatic nitrogens is 1. The molecule has 1 amide bonds. The molecule has 3 rings (SSSR count). The average molecular weight is 396 g/mol. The highest BCUT2D eigenvalue weighted by molar-refractivity contribution is 6.00. The number of hydrogen-bond acceptors (Lipinski definition) is 4. The summed E-state index contributed by atoms with van der Waals surface area (Å²) < 4.78 is 5.31. The van der Waals surface area contributed by atoms with E-state index in [1.807, 2.05) is 43.5 Å². The van der Waals surface area contributed by atoms with Crippen molar-refractivity contribution in [1.82, 2.24) is 15.2 Å². The molecule has 1 unspecified atom stereocenters.